The van der Waals surface area contributed by atoms with Crippen molar-refractivity contribution >= 4 is 22.6 Å². The minimum absolute atomic E-state index is 0.149. The number of hydrogen-bond donors (Lipinski definition) is 1. The highest BCUT2D eigenvalue weighted by Crippen LogP contribution is 2.23. The Morgan fingerprint density at radius 3 is 2.53 bits per heavy atom. The Kier molecular flexibility index (Phi) is 4.20. The Labute approximate surface area is 112 Å². The first-order valence-corrected chi connectivity index (χ1v) is 6.46. The number of hydrogen-bond acceptors (Lipinski definition) is 5. The van der Waals surface area contributed by atoms with Crippen LogP contribution in [0.3, 0.4) is 0 Å². The van der Waals surface area contributed by atoms with Gasteiger partial charge in [-0.05, 0) is 24.3 Å². The van der Waals surface area contributed by atoms with Crippen molar-refractivity contribution in [2.75, 3.05) is 23.9 Å². The van der Waals surface area contributed by atoms with Crippen molar-refractivity contribution in [3.8, 4) is 5.75 Å². The van der Waals surface area contributed by atoms with Crippen LogP contribution in [0.15, 0.2) is 29.3 Å². The van der Waals surface area contributed by atoms with E-state index < -0.39 is 12.8 Å². The van der Waals surface area contributed by atoms with Crippen molar-refractivity contribution in [1.29, 1.82) is 0 Å². The summed E-state index contributed by atoms with van der Waals surface area (Å²) < 4.78 is 40.6. The van der Waals surface area contributed by atoms with Gasteiger partial charge in [-0.25, -0.2) is 5.84 Å². The second kappa shape index (κ2) is 5.70. The summed E-state index contributed by atoms with van der Waals surface area (Å²) in [5.74, 6) is 6.89. The molecule has 0 fully saturated rings. The molecule has 8 heteroatoms. The van der Waals surface area contributed by atoms with E-state index in [-0.39, 0.29) is 5.75 Å². The molecule has 0 saturated carbocycles. The van der Waals surface area contributed by atoms with Crippen LogP contribution in [0.5, 0.6) is 5.75 Å². The molecule has 0 atom stereocenters. The molecule has 2 N–H and O–H groups in total. The van der Waals surface area contributed by atoms with Gasteiger partial charge < -0.3 is 4.74 Å². The van der Waals surface area contributed by atoms with Gasteiger partial charge in [0.15, 0.2) is 11.8 Å². The van der Waals surface area contributed by atoms with E-state index >= 15 is 0 Å². The van der Waals surface area contributed by atoms with E-state index in [1.807, 2.05) is 0 Å². The lowest BCUT2D eigenvalue weighted by Gasteiger charge is -2.18. The Balaban J connectivity index is 1.98. The lowest BCUT2D eigenvalue weighted by atomic mass is 10.3. The van der Waals surface area contributed by atoms with Crippen molar-refractivity contribution in [2.45, 2.75) is 6.18 Å². The molecule has 19 heavy (non-hydrogen) atoms. The van der Waals surface area contributed by atoms with Crippen LogP contribution in [0.25, 0.3) is 0 Å². The zero-order chi connectivity index (χ0) is 13.9. The fraction of sp³-hybridized carbons (Fsp3) is 0.364. The molecule has 1 aliphatic rings. The zero-order valence-corrected chi connectivity index (χ0v) is 10.7. The predicted molar refractivity (Wildman–Crippen MR) is 69.4 cm³/mol. The number of rotatable bonds is 3. The molecular weight excluding hydrogens is 279 g/mol. The first-order valence-electron chi connectivity index (χ1n) is 5.47. The molecule has 0 radical (unpaired) electrons. The van der Waals surface area contributed by atoms with Crippen LogP contribution >= 0.6 is 11.8 Å². The normalized spacial score (nSPS) is 15.3. The maximum atomic E-state index is 12.0. The van der Waals surface area contributed by atoms with E-state index in [0.717, 1.165) is 12.3 Å². The standard InChI is InChI=1S/C11H12F3N3OS/c12-11(13,14)7-18-9-3-1-8(2-4-9)17(15)10-16-5-6-19-10/h1-4H,5-7,15H2. The molecular formula is C11H12F3N3OS. The van der Waals surface area contributed by atoms with Gasteiger partial charge in [-0.2, -0.15) is 13.2 Å². The largest absolute Gasteiger partial charge is 0.484 e. The zero-order valence-electron chi connectivity index (χ0n) is 9.85. The summed E-state index contributed by atoms with van der Waals surface area (Å²) in [7, 11) is 0. The van der Waals surface area contributed by atoms with E-state index in [0.29, 0.717) is 10.9 Å². The molecule has 0 bridgehead atoms. The first kappa shape index (κ1) is 14.0. The van der Waals surface area contributed by atoms with Gasteiger partial charge in [0.25, 0.3) is 0 Å². The second-order valence-electron chi connectivity index (χ2n) is 3.78. The summed E-state index contributed by atoms with van der Waals surface area (Å²) in [4.78, 5) is 4.20. The van der Waals surface area contributed by atoms with E-state index in [1.54, 1.807) is 12.1 Å². The number of hydrazine groups is 1. The number of nitrogens with two attached hydrogens (primary N) is 1. The summed E-state index contributed by atoms with van der Waals surface area (Å²) in [6, 6.07) is 6.07. The molecule has 1 aromatic carbocycles. The first-order chi connectivity index (χ1) is 8.96. The maximum absolute atomic E-state index is 12.0. The molecule has 0 amide bonds. The molecule has 1 heterocycles. The van der Waals surface area contributed by atoms with Gasteiger partial charge >= 0.3 is 6.18 Å². The molecule has 0 spiro atoms. The highest BCUT2D eigenvalue weighted by atomic mass is 32.2. The molecule has 4 nitrogen and oxygen atoms in total. The Hall–Kier alpha value is -1.41. The van der Waals surface area contributed by atoms with Crippen molar-refractivity contribution in [2.24, 2.45) is 10.8 Å². The van der Waals surface area contributed by atoms with E-state index in [9.17, 15) is 13.2 Å². The van der Waals surface area contributed by atoms with Crippen LogP contribution in [-0.4, -0.2) is 30.2 Å². The third-order valence-corrected chi connectivity index (χ3v) is 3.26. The average Bonchev–Trinajstić information content (AvgIpc) is 2.89. The highest BCUT2D eigenvalue weighted by Gasteiger charge is 2.28. The fourth-order valence-corrected chi connectivity index (χ4v) is 2.24. The number of anilines is 1. The van der Waals surface area contributed by atoms with Crippen LogP contribution in [0.1, 0.15) is 0 Å². The SMILES string of the molecule is NN(C1=NCCS1)c1ccc(OCC(F)(F)F)cc1. The molecule has 2 rings (SSSR count). The van der Waals surface area contributed by atoms with Gasteiger partial charge in [0, 0.05) is 5.75 Å². The van der Waals surface area contributed by atoms with Gasteiger partial charge in [-0.3, -0.25) is 10.0 Å². The number of nitrogens with zero attached hydrogens (tertiary/aromatic N) is 2. The third-order valence-electron chi connectivity index (χ3n) is 2.29. The van der Waals surface area contributed by atoms with Crippen LogP contribution in [0.4, 0.5) is 18.9 Å². The number of halogens is 3. The van der Waals surface area contributed by atoms with Gasteiger partial charge in [-0.1, -0.05) is 11.8 Å². The van der Waals surface area contributed by atoms with Gasteiger partial charge in [0.05, 0.1) is 12.2 Å². The Morgan fingerprint density at radius 1 is 1.32 bits per heavy atom. The number of ether oxygens (including phenoxy) is 1. The van der Waals surface area contributed by atoms with E-state index in [1.165, 1.54) is 28.9 Å². The third kappa shape index (κ3) is 4.03. The smallest absolute Gasteiger partial charge is 0.422 e. The topological polar surface area (TPSA) is 50.8 Å². The van der Waals surface area contributed by atoms with Crippen molar-refractivity contribution in [3.63, 3.8) is 0 Å². The minimum atomic E-state index is -4.34. The van der Waals surface area contributed by atoms with Crippen LogP contribution in [-0.2, 0) is 0 Å². The second-order valence-corrected chi connectivity index (χ2v) is 4.84. The number of thioether (sulfide) groups is 1. The Bertz CT molecular complexity index is 461. The van der Waals surface area contributed by atoms with Crippen molar-refractivity contribution in [3.05, 3.63) is 24.3 Å². The van der Waals surface area contributed by atoms with Gasteiger partial charge in [-0.15, -0.1) is 0 Å². The number of amidine groups is 1. The van der Waals surface area contributed by atoms with E-state index in [4.69, 9.17) is 5.84 Å². The number of aliphatic imine (C=N–C) groups is 1. The average molecular weight is 291 g/mol. The summed E-state index contributed by atoms with van der Waals surface area (Å²) in [5.41, 5.74) is 0.646. The monoisotopic (exact) mass is 291 g/mol. The van der Waals surface area contributed by atoms with Crippen LogP contribution < -0.4 is 15.6 Å². The molecule has 0 saturated heterocycles. The number of alkyl halides is 3. The fourth-order valence-electron chi connectivity index (χ4n) is 1.45. The highest BCUT2D eigenvalue weighted by molar-refractivity contribution is 8.14. The van der Waals surface area contributed by atoms with Crippen molar-refractivity contribution < 1.29 is 17.9 Å². The van der Waals surface area contributed by atoms with Gasteiger partial charge in [0.1, 0.15) is 5.75 Å². The van der Waals surface area contributed by atoms with Crippen LogP contribution in [0.2, 0.25) is 0 Å². The summed E-state index contributed by atoms with van der Waals surface area (Å²) in [6.07, 6.45) is -4.34. The maximum Gasteiger partial charge on any atom is 0.422 e. The molecule has 1 aliphatic heterocycles. The Morgan fingerprint density at radius 2 is 2.00 bits per heavy atom. The van der Waals surface area contributed by atoms with E-state index in [2.05, 4.69) is 9.73 Å². The molecule has 104 valence electrons. The van der Waals surface area contributed by atoms with Crippen LogP contribution in [0, 0.1) is 0 Å². The molecule has 1 aromatic rings. The molecule has 0 unspecified atom stereocenters. The summed E-state index contributed by atoms with van der Waals surface area (Å²) in [5, 5.41) is 2.11. The lowest BCUT2D eigenvalue weighted by Crippen LogP contribution is -2.34. The molecule has 0 aliphatic carbocycles. The van der Waals surface area contributed by atoms with Gasteiger partial charge in [0.2, 0.25) is 0 Å². The summed E-state index contributed by atoms with van der Waals surface area (Å²) in [6.45, 7) is -0.582. The predicted octanol–water partition coefficient (Wildman–Crippen LogP) is 2.41. The summed E-state index contributed by atoms with van der Waals surface area (Å²) >= 11 is 1.53. The quantitative estimate of drug-likeness (QED) is 0.686. The lowest BCUT2D eigenvalue weighted by molar-refractivity contribution is -0.153. The van der Waals surface area contributed by atoms with Crippen molar-refractivity contribution in [1.82, 2.24) is 0 Å². The minimum Gasteiger partial charge on any atom is -0.484 e. The molecule has 0 aromatic heterocycles. The number of benzene rings is 1.